The first-order chi connectivity index (χ1) is 7.79. The lowest BCUT2D eigenvalue weighted by molar-refractivity contribution is -0.0585. The summed E-state index contributed by atoms with van der Waals surface area (Å²) in [5, 5.41) is 6.76. The smallest absolute Gasteiger partial charge is 0.429 e. The Morgan fingerprint density at radius 1 is 1.47 bits per heavy atom. The summed E-state index contributed by atoms with van der Waals surface area (Å²) in [6.45, 7) is 3.00. The summed E-state index contributed by atoms with van der Waals surface area (Å²) >= 11 is 0. The summed E-state index contributed by atoms with van der Waals surface area (Å²) < 4.78 is 41.1. The second-order valence-corrected chi connectivity index (χ2v) is 3.25. The number of ether oxygens (including phenoxy) is 1. The molecule has 1 N–H and O–H groups in total. The molecule has 1 heterocycles. The Hall–Kier alpha value is -1.92. The van der Waals surface area contributed by atoms with Gasteiger partial charge in [-0.2, -0.15) is 13.2 Å². The van der Waals surface area contributed by atoms with Gasteiger partial charge < -0.3 is 4.74 Å². The molecule has 0 saturated heterocycles. The standard InChI is InChI=1S/C10H10F3N3O/c1-6-3-4-15-9(16-6)17-7(2)5-8(14)10(11,12)13/h3-5,14H,1-2H3/b7-5+,14-8?. The van der Waals surface area contributed by atoms with Gasteiger partial charge in [-0.1, -0.05) is 0 Å². The summed E-state index contributed by atoms with van der Waals surface area (Å²) in [5.74, 6) is -0.0991. The lowest BCUT2D eigenvalue weighted by Gasteiger charge is -2.06. The molecule has 4 nitrogen and oxygen atoms in total. The number of aryl methyl sites for hydroxylation is 1. The van der Waals surface area contributed by atoms with Crippen molar-refractivity contribution in [3.8, 4) is 6.01 Å². The van der Waals surface area contributed by atoms with Gasteiger partial charge in [-0.3, -0.25) is 5.41 Å². The Labute approximate surface area is 95.7 Å². The van der Waals surface area contributed by atoms with Crippen LogP contribution in [0.15, 0.2) is 24.1 Å². The van der Waals surface area contributed by atoms with Crippen molar-refractivity contribution in [3.05, 3.63) is 29.8 Å². The van der Waals surface area contributed by atoms with Crippen LogP contribution in [0, 0.1) is 12.3 Å². The SMILES string of the molecule is C/C(=C\C(=N)C(F)(F)F)Oc1nccc(C)n1. The highest BCUT2D eigenvalue weighted by Crippen LogP contribution is 2.18. The fraction of sp³-hybridized carbons (Fsp3) is 0.300. The first kappa shape index (κ1) is 13.1. The van der Waals surface area contributed by atoms with E-state index in [-0.39, 0.29) is 11.8 Å². The van der Waals surface area contributed by atoms with E-state index in [1.807, 2.05) is 0 Å². The predicted molar refractivity (Wildman–Crippen MR) is 54.9 cm³/mol. The molecule has 0 unspecified atom stereocenters. The van der Waals surface area contributed by atoms with E-state index in [1.54, 1.807) is 13.0 Å². The Morgan fingerprint density at radius 3 is 2.65 bits per heavy atom. The van der Waals surface area contributed by atoms with Crippen molar-refractivity contribution in [2.75, 3.05) is 0 Å². The van der Waals surface area contributed by atoms with Crippen LogP contribution < -0.4 is 4.74 Å². The van der Waals surface area contributed by atoms with Gasteiger partial charge in [-0.15, -0.1) is 0 Å². The number of allylic oxidation sites excluding steroid dienone is 2. The van der Waals surface area contributed by atoms with Crippen molar-refractivity contribution in [1.82, 2.24) is 9.97 Å². The van der Waals surface area contributed by atoms with Crippen LogP contribution in [0.1, 0.15) is 12.6 Å². The number of hydrogen-bond acceptors (Lipinski definition) is 4. The van der Waals surface area contributed by atoms with Crippen molar-refractivity contribution in [1.29, 1.82) is 5.41 Å². The number of hydrogen-bond donors (Lipinski definition) is 1. The molecule has 7 heteroatoms. The molecule has 1 aromatic rings. The van der Waals surface area contributed by atoms with Crippen LogP contribution >= 0.6 is 0 Å². The highest BCUT2D eigenvalue weighted by atomic mass is 19.4. The predicted octanol–water partition coefficient (Wildman–Crippen LogP) is 2.65. The molecule has 0 radical (unpaired) electrons. The molecular formula is C10H10F3N3O. The van der Waals surface area contributed by atoms with E-state index in [2.05, 4.69) is 9.97 Å². The zero-order chi connectivity index (χ0) is 13.1. The zero-order valence-electron chi connectivity index (χ0n) is 9.17. The fourth-order valence-electron chi connectivity index (χ4n) is 0.934. The molecule has 1 aromatic heterocycles. The molecule has 0 aliphatic heterocycles. The minimum atomic E-state index is -4.68. The Kier molecular flexibility index (Phi) is 3.82. The van der Waals surface area contributed by atoms with Crippen LogP contribution in [0.4, 0.5) is 13.2 Å². The van der Waals surface area contributed by atoms with E-state index in [4.69, 9.17) is 10.1 Å². The van der Waals surface area contributed by atoms with Crippen LogP contribution in [-0.2, 0) is 0 Å². The van der Waals surface area contributed by atoms with Crippen LogP contribution in [0.5, 0.6) is 6.01 Å². The van der Waals surface area contributed by atoms with Gasteiger partial charge in [-0.05, 0) is 19.9 Å². The molecule has 0 aliphatic rings. The summed E-state index contributed by atoms with van der Waals surface area (Å²) in [6.07, 6.45) is -2.68. The first-order valence-corrected chi connectivity index (χ1v) is 4.60. The van der Waals surface area contributed by atoms with E-state index >= 15 is 0 Å². The minimum absolute atomic E-state index is 0.0475. The molecule has 0 amide bonds. The highest BCUT2D eigenvalue weighted by molar-refractivity contribution is 5.97. The zero-order valence-corrected chi connectivity index (χ0v) is 9.17. The molecule has 0 aromatic carbocycles. The first-order valence-electron chi connectivity index (χ1n) is 4.60. The topological polar surface area (TPSA) is 58.9 Å². The van der Waals surface area contributed by atoms with E-state index in [1.165, 1.54) is 13.1 Å². The largest absolute Gasteiger partial charge is 0.432 e. The van der Waals surface area contributed by atoms with Gasteiger partial charge in [-0.25, -0.2) is 9.97 Å². The molecule has 0 spiro atoms. The number of alkyl halides is 3. The summed E-state index contributed by atoms with van der Waals surface area (Å²) in [4.78, 5) is 7.58. The third kappa shape index (κ3) is 4.21. The number of aromatic nitrogens is 2. The van der Waals surface area contributed by atoms with Crippen molar-refractivity contribution in [2.45, 2.75) is 20.0 Å². The monoisotopic (exact) mass is 245 g/mol. The Balaban J connectivity index is 2.76. The van der Waals surface area contributed by atoms with Crippen molar-refractivity contribution >= 4 is 5.71 Å². The molecule has 0 atom stereocenters. The van der Waals surface area contributed by atoms with Gasteiger partial charge in [0.05, 0.1) is 0 Å². The molecule has 0 fully saturated rings. The van der Waals surface area contributed by atoms with Crippen LogP contribution in [0.25, 0.3) is 0 Å². The van der Waals surface area contributed by atoms with E-state index in [9.17, 15) is 13.2 Å². The second kappa shape index (κ2) is 4.94. The number of rotatable bonds is 3. The normalized spacial score (nSPS) is 12.4. The average molecular weight is 245 g/mol. The van der Waals surface area contributed by atoms with Gasteiger partial charge in [0, 0.05) is 18.0 Å². The van der Waals surface area contributed by atoms with Gasteiger partial charge >= 0.3 is 12.2 Å². The maximum atomic E-state index is 12.1. The Morgan fingerprint density at radius 2 is 2.12 bits per heavy atom. The molecule has 92 valence electrons. The molecule has 1 rings (SSSR count). The highest BCUT2D eigenvalue weighted by Gasteiger charge is 2.32. The molecule has 0 saturated carbocycles. The quantitative estimate of drug-likeness (QED) is 0.657. The van der Waals surface area contributed by atoms with E-state index < -0.39 is 11.9 Å². The van der Waals surface area contributed by atoms with E-state index in [0.29, 0.717) is 11.8 Å². The number of nitrogens with zero attached hydrogens (tertiary/aromatic N) is 2. The average Bonchev–Trinajstić information content (AvgIpc) is 2.15. The third-order valence-electron chi connectivity index (χ3n) is 1.68. The number of nitrogens with one attached hydrogen (secondary N) is 1. The van der Waals surface area contributed by atoms with Crippen LogP contribution in [0.2, 0.25) is 0 Å². The van der Waals surface area contributed by atoms with E-state index in [0.717, 1.165) is 0 Å². The Bertz CT molecular complexity index is 454. The van der Waals surface area contributed by atoms with Crippen LogP contribution in [0.3, 0.4) is 0 Å². The summed E-state index contributed by atoms with van der Waals surface area (Å²) in [6, 6.07) is 1.58. The van der Waals surface area contributed by atoms with Crippen molar-refractivity contribution in [2.24, 2.45) is 0 Å². The maximum absolute atomic E-state index is 12.1. The fourth-order valence-corrected chi connectivity index (χ4v) is 0.934. The second-order valence-electron chi connectivity index (χ2n) is 3.25. The lowest BCUT2D eigenvalue weighted by Crippen LogP contribution is -2.20. The van der Waals surface area contributed by atoms with Gasteiger partial charge in [0.2, 0.25) is 0 Å². The van der Waals surface area contributed by atoms with Gasteiger partial charge in [0.1, 0.15) is 11.5 Å². The van der Waals surface area contributed by atoms with Crippen molar-refractivity contribution in [3.63, 3.8) is 0 Å². The van der Waals surface area contributed by atoms with Gasteiger partial charge in [0.25, 0.3) is 0 Å². The maximum Gasteiger partial charge on any atom is 0.432 e. The summed E-state index contributed by atoms with van der Waals surface area (Å²) in [5.41, 5.74) is -0.851. The lowest BCUT2D eigenvalue weighted by atomic mass is 10.3. The third-order valence-corrected chi connectivity index (χ3v) is 1.68. The van der Waals surface area contributed by atoms with Gasteiger partial charge in [0.15, 0.2) is 0 Å². The summed E-state index contributed by atoms with van der Waals surface area (Å²) in [7, 11) is 0. The molecule has 0 bridgehead atoms. The minimum Gasteiger partial charge on any atom is -0.429 e. The number of halogens is 3. The van der Waals surface area contributed by atoms with Crippen LogP contribution in [-0.4, -0.2) is 21.9 Å². The molecule has 17 heavy (non-hydrogen) atoms. The molecular weight excluding hydrogens is 235 g/mol. The molecule has 0 aliphatic carbocycles. The van der Waals surface area contributed by atoms with Crippen molar-refractivity contribution < 1.29 is 17.9 Å².